The van der Waals surface area contributed by atoms with Crippen LogP contribution in [0.1, 0.15) is 26.3 Å². The summed E-state index contributed by atoms with van der Waals surface area (Å²) in [6, 6.07) is 7.73. The molecule has 1 aliphatic rings. The van der Waals surface area contributed by atoms with E-state index in [4.69, 9.17) is 0 Å². The van der Waals surface area contributed by atoms with Gasteiger partial charge in [-0.3, -0.25) is 9.59 Å². The lowest BCUT2D eigenvalue weighted by Crippen LogP contribution is -2.26. The lowest BCUT2D eigenvalue weighted by molar-refractivity contribution is 0.0940. The van der Waals surface area contributed by atoms with Crippen LogP contribution in [-0.4, -0.2) is 21.8 Å². The zero-order chi connectivity index (χ0) is 19.7. The Labute approximate surface area is 162 Å². The number of carbonyl (C=O) groups excluding carboxylic acids is 2. The van der Waals surface area contributed by atoms with Crippen LogP contribution >= 0.6 is 11.8 Å². The maximum atomic E-state index is 15.0. The summed E-state index contributed by atoms with van der Waals surface area (Å²) in [5.41, 5.74) is -0.0624. The van der Waals surface area contributed by atoms with Crippen LogP contribution in [0.2, 0.25) is 0 Å². The van der Waals surface area contributed by atoms with Crippen molar-refractivity contribution in [3.8, 4) is 0 Å². The van der Waals surface area contributed by atoms with E-state index in [0.717, 1.165) is 17.8 Å². The highest BCUT2D eigenvalue weighted by Crippen LogP contribution is 2.41. The average molecular weight is 398 g/mol. The van der Waals surface area contributed by atoms with E-state index in [1.54, 1.807) is 24.3 Å². The maximum absolute atomic E-state index is 15.0. The van der Waals surface area contributed by atoms with E-state index in [9.17, 15) is 14.0 Å². The Hall–Kier alpha value is -3.33. The molecule has 0 fully saturated rings. The fourth-order valence-electron chi connectivity index (χ4n) is 2.74. The molecular weight excluding hydrogens is 386 g/mol. The number of hydrogen-bond acceptors (Lipinski definition) is 5. The van der Waals surface area contributed by atoms with Crippen LogP contribution in [0, 0.1) is 11.6 Å². The predicted octanol–water partition coefficient (Wildman–Crippen LogP) is 3.40. The zero-order valence-corrected chi connectivity index (χ0v) is 15.0. The van der Waals surface area contributed by atoms with Crippen molar-refractivity contribution in [3.63, 3.8) is 0 Å². The summed E-state index contributed by atoms with van der Waals surface area (Å²) in [7, 11) is 0. The zero-order valence-electron chi connectivity index (χ0n) is 14.2. The first-order chi connectivity index (χ1) is 13.5. The third-order valence-electron chi connectivity index (χ3n) is 4.07. The molecule has 0 atom stereocenters. The number of amides is 2. The van der Waals surface area contributed by atoms with Crippen molar-refractivity contribution in [2.24, 2.45) is 0 Å². The molecule has 0 spiro atoms. The summed E-state index contributed by atoms with van der Waals surface area (Å²) < 4.78 is 29.6. The van der Waals surface area contributed by atoms with E-state index in [2.05, 4.69) is 20.6 Å². The van der Waals surface area contributed by atoms with E-state index in [1.807, 2.05) is 0 Å². The van der Waals surface area contributed by atoms with Gasteiger partial charge < -0.3 is 10.6 Å². The third-order valence-corrected chi connectivity index (χ3v) is 5.18. The number of nitrogens with zero attached hydrogens (tertiary/aromatic N) is 2. The molecule has 0 saturated carbocycles. The van der Waals surface area contributed by atoms with Crippen molar-refractivity contribution in [1.82, 2.24) is 15.3 Å². The van der Waals surface area contributed by atoms with Gasteiger partial charge in [0.05, 0.1) is 11.3 Å². The van der Waals surface area contributed by atoms with Gasteiger partial charge in [-0.25, -0.2) is 18.7 Å². The van der Waals surface area contributed by atoms with Crippen molar-refractivity contribution >= 4 is 29.3 Å². The van der Waals surface area contributed by atoms with E-state index >= 15 is 4.39 Å². The first-order valence-electron chi connectivity index (χ1n) is 8.17. The Morgan fingerprint density at radius 2 is 1.89 bits per heavy atom. The largest absolute Gasteiger partial charge is 0.348 e. The Balaban J connectivity index is 1.67. The van der Waals surface area contributed by atoms with Crippen LogP contribution in [0.15, 0.2) is 58.8 Å². The average Bonchev–Trinajstić information content (AvgIpc) is 2.84. The van der Waals surface area contributed by atoms with Crippen LogP contribution in [0.5, 0.6) is 0 Å². The molecule has 0 aliphatic carbocycles. The SMILES string of the molecule is O=C1Nc2c(cc(F)c(C(=O)NCc3cncnc3)c2F)Sc2ccccc21. The molecule has 0 bridgehead atoms. The monoisotopic (exact) mass is 398 g/mol. The Kier molecular flexibility index (Phi) is 4.74. The number of carbonyl (C=O) groups is 2. The van der Waals surface area contributed by atoms with Crippen LogP contribution in [0.4, 0.5) is 14.5 Å². The number of rotatable bonds is 3. The van der Waals surface area contributed by atoms with Crippen molar-refractivity contribution < 1.29 is 18.4 Å². The van der Waals surface area contributed by atoms with Crippen LogP contribution in [-0.2, 0) is 6.54 Å². The standard InChI is InChI=1S/C19H12F2N4O2S/c20-12-5-14-17(25-18(26)11-3-1-2-4-13(11)28-14)16(21)15(12)19(27)24-8-10-6-22-9-23-7-10/h1-7,9H,8H2,(H,24,27)(H,25,26). The van der Waals surface area contributed by atoms with Crippen LogP contribution in [0.25, 0.3) is 0 Å². The second kappa shape index (κ2) is 7.35. The Bertz CT molecular complexity index is 1090. The molecule has 9 heteroatoms. The summed E-state index contributed by atoms with van der Waals surface area (Å²) >= 11 is 1.05. The topological polar surface area (TPSA) is 84.0 Å². The maximum Gasteiger partial charge on any atom is 0.257 e. The van der Waals surface area contributed by atoms with Gasteiger partial charge in [-0.1, -0.05) is 23.9 Å². The normalized spacial score (nSPS) is 12.4. The number of benzene rings is 2. The highest BCUT2D eigenvalue weighted by atomic mass is 32.2. The number of halogens is 2. The number of aromatic nitrogens is 2. The van der Waals surface area contributed by atoms with Crippen molar-refractivity contribution in [3.05, 3.63) is 77.4 Å². The van der Waals surface area contributed by atoms with Crippen molar-refractivity contribution in [2.75, 3.05) is 5.32 Å². The lowest BCUT2D eigenvalue weighted by Gasteiger charge is -2.13. The molecule has 4 rings (SSSR count). The molecule has 3 aromatic rings. The lowest BCUT2D eigenvalue weighted by atomic mass is 10.1. The number of nitrogens with one attached hydrogen (secondary N) is 2. The second-order valence-electron chi connectivity index (χ2n) is 5.90. The molecule has 2 amide bonds. The van der Waals surface area contributed by atoms with Gasteiger partial charge in [0.25, 0.3) is 11.8 Å². The van der Waals surface area contributed by atoms with Gasteiger partial charge in [0.15, 0.2) is 5.82 Å². The molecule has 2 N–H and O–H groups in total. The predicted molar refractivity (Wildman–Crippen MR) is 98.1 cm³/mol. The molecule has 1 aromatic heterocycles. The number of anilines is 1. The summed E-state index contributed by atoms with van der Waals surface area (Å²) in [4.78, 5) is 33.1. The highest BCUT2D eigenvalue weighted by molar-refractivity contribution is 7.99. The van der Waals surface area contributed by atoms with Gasteiger partial charge in [-0.15, -0.1) is 0 Å². The van der Waals surface area contributed by atoms with Gasteiger partial charge in [0.1, 0.15) is 17.7 Å². The first-order valence-corrected chi connectivity index (χ1v) is 8.98. The molecule has 0 radical (unpaired) electrons. The quantitative estimate of drug-likeness (QED) is 0.707. The molecule has 1 aliphatic heterocycles. The molecule has 28 heavy (non-hydrogen) atoms. The fraction of sp³-hybridized carbons (Fsp3) is 0.0526. The second-order valence-corrected chi connectivity index (χ2v) is 6.99. The van der Waals surface area contributed by atoms with Gasteiger partial charge >= 0.3 is 0 Å². The molecule has 6 nitrogen and oxygen atoms in total. The highest BCUT2D eigenvalue weighted by Gasteiger charge is 2.28. The Morgan fingerprint density at radius 1 is 1.14 bits per heavy atom. The summed E-state index contributed by atoms with van der Waals surface area (Å²) in [5, 5.41) is 4.87. The van der Waals surface area contributed by atoms with Gasteiger partial charge in [-0.05, 0) is 18.2 Å². The summed E-state index contributed by atoms with van der Waals surface area (Å²) in [5.74, 6) is -3.60. The van der Waals surface area contributed by atoms with E-state index < -0.39 is 29.0 Å². The van der Waals surface area contributed by atoms with Crippen LogP contribution < -0.4 is 10.6 Å². The van der Waals surface area contributed by atoms with Crippen molar-refractivity contribution in [1.29, 1.82) is 0 Å². The molecule has 0 saturated heterocycles. The third kappa shape index (κ3) is 3.31. The van der Waals surface area contributed by atoms with Gasteiger partial charge in [-0.2, -0.15) is 0 Å². The summed E-state index contributed by atoms with van der Waals surface area (Å²) in [6.45, 7) is 0.00217. The van der Waals surface area contributed by atoms with E-state index in [0.29, 0.717) is 16.0 Å². The molecule has 0 unspecified atom stereocenters. The minimum absolute atomic E-state index is 0.00217. The molecular formula is C19H12F2N4O2S. The Morgan fingerprint density at radius 3 is 2.68 bits per heavy atom. The minimum Gasteiger partial charge on any atom is -0.348 e. The summed E-state index contributed by atoms with van der Waals surface area (Å²) in [6.07, 6.45) is 4.28. The molecule has 140 valence electrons. The van der Waals surface area contributed by atoms with E-state index in [-0.39, 0.29) is 17.1 Å². The number of hydrogen-bond donors (Lipinski definition) is 2. The van der Waals surface area contributed by atoms with Crippen LogP contribution in [0.3, 0.4) is 0 Å². The van der Waals surface area contributed by atoms with Gasteiger partial charge in [0.2, 0.25) is 0 Å². The fourth-order valence-corrected chi connectivity index (χ4v) is 3.80. The molecule has 2 aromatic carbocycles. The van der Waals surface area contributed by atoms with Crippen molar-refractivity contribution in [2.45, 2.75) is 16.3 Å². The molecule has 2 heterocycles. The van der Waals surface area contributed by atoms with E-state index in [1.165, 1.54) is 18.7 Å². The minimum atomic E-state index is -1.12. The number of fused-ring (bicyclic) bond motifs is 2. The smallest absolute Gasteiger partial charge is 0.257 e. The first kappa shape index (κ1) is 18.1. The van der Waals surface area contributed by atoms with Gasteiger partial charge in [0, 0.05) is 34.3 Å².